The van der Waals surface area contributed by atoms with E-state index in [1.54, 1.807) is 24.5 Å². The number of fused-ring (bicyclic) bond motifs is 1. The van der Waals surface area contributed by atoms with Crippen LogP contribution in [-0.4, -0.2) is 33.1 Å². The summed E-state index contributed by atoms with van der Waals surface area (Å²) in [4.78, 5) is 30.5. The highest BCUT2D eigenvalue weighted by Gasteiger charge is 2.21. The average Bonchev–Trinajstić information content (AvgIpc) is 3.02. The fourth-order valence-corrected chi connectivity index (χ4v) is 2.45. The molecule has 7 nitrogen and oxygen atoms in total. The minimum Gasteiger partial charge on any atom is -0.465 e. The predicted octanol–water partition coefficient (Wildman–Crippen LogP) is 2.38. The number of aromatic amines is 1. The van der Waals surface area contributed by atoms with Gasteiger partial charge in [0.15, 0.2) is 0 Å². The van der Waals surface area contributed by atoms with Gasteiger partial charge in [0.1, 0.15) is 6.04 Å². The van der Waals surface area contributed by atoms with Crippen molar-refractivity contribution in [2.24, 2.45) is 0 Å². The maximum Gasteiger partial charge on any atom is 0.405 e. The first-order chi connectivity index (χ1) is 11.6. The van der Waals surface area contributed by atoms with E-state index in [0.29, 0.717) is 5.69 Å². The van der Waals surface area contributed by atoms with Crippen LogP contribution >= 0.6 is 0 Å². The highest BCUT2D eigenvalue weighted by atomic mass is 16.4. The van der Waals surface area contributed by atoms with Crippen LogP contribution in [0.15, 0.2) is 54.9 Å². The lowest BCUT2D eigenvalue weighted by Crippen LogP contribution is -2.44. The van der Waals surface area contributed by atoms with E-state index in [1.165, 1.54) is 0 Å². The molecule has 1 aromatic heterocycles. The maximum atomic E-state index is 12.5. The van der Waals surface area contributed by atoms with Crippen molar-refractivity contribution in [2.45, 2.75) is 12.5 Å². The molecule has 0 spiro atoms. The minimum atomic E-state index is -1.24. The third-order valence-corrected chi connectivity index (χ3v) is 3.58. The van der Waals surface area contributed by atoms with Crippen molar-refractivity contribution in [1.82, 2.24) is 15.3 Å². The molecule has 2 amide bonds. The van der Waals surface area contributed by atoms with Crippen LogP contribution in [0.1, 0.15) is 5.56 Å². The van der Waals surface area contributed by atoms with Crippen molar-refractivity contribution < 1.29 is 14.7 Å². The van der Waals surface area contributed by atoms with Crippen molar-refractivity contribution >= 4 is 28.7 Å². The molecule has 0 aliphatic carbocycles. The third-order valence-electron chi connectivity index (χ3n) is 3.58. The van der Waals surface area contributed by atoms with Crippen molar-refractivity contribution in [3.8, 4) is 0 Å². The van der Waals surface area contributed by atoms with Gasteiger partial charge in [0.05, 0.1) is 17.4 Å². The van der Waals surface area contributed by atoms with Gasteiger partial charge in [-0.25, -0.2) is 9.78 Å². The lowest BCUT2D eigenvalue weighted by atomic mass is 10.1. The lowest BCUT2D eigenvalue weighted by molar-refractivity contribution is -0.118. The zero-order valence-electron chi connectivity index (χ0n) is 12.7. The van der Waals surface area contributed by atoms with Crippen molar-refractivity contribution in [1.29, 1.82) is 0 Å². The Morgan fingerprint density at radius 1 is 1.17 bits per heavy atom. The summed E-state index contributed by atoms with van der Waals surface area (Å²) in [5, 5.41) is 14.0. The van der Waals surface area contributed by atoms with Crippen molar-refractivity contribution in [3.05, 3.63) is 60.4 Å². The SMILES string of the molecule is O=C(O)N[C@@H](Cc1ccccc1)C(=O)Nc1ccc2nc[nH]c2c1. The normalized spacial score (nSPS) is 11.8. The largest absolute Gasteiger partial charge is 0.465 e. The van der Waals surface area contributed by atoms with Crippen LogP contribution in [0, 0.1) is 0 Å². The second-order valence-corrected chi connectivity index (χ2v) is 5.32. The number of hydrogen-bond acceptors (Lipinski definition) is 3. The Labute approximate surface area is 137 Å². The van der Waals surface area contributed by atoms with Gasteiger partial charge in [-0.3, -0.25) is 4.79 Å². The van der Waals surface area contributed by atoms with Gasteiger partial charge in [-0.1, -0.05) is 30.3 Å². The Hall–Kier alpha value is -3.35. The molecule has 3 rings (SSSR count). The Kier molecular flexibility index (Phi) is 4.42. The second kappa shape index (κ2) is 6.82. The molecular formula is C17H16N4O3. The summed E-state index contributed by atoms with van der Waals surface area (Å²) in [5.74, 6) is -0.417. The lowest BCUT2D eigenvalue weighted by Gasteiger charge is -2.17. The molecule has 0 bridgehead atoms. The van der Waals surface area contributed by atoms with Gasteiger partial charge in [0, 0.05) is 12.1 Å². The molecule has 7 heteroatoms. The fourth-order valence-electron chi connectivity index (χ4n) is 2.45. The molecule has 24 heavy (non-hydrogen) atoms. The number of imidazole rings is 1. The topological polar surface area (TPSA) is 107 Å². The number of aromatic nitrogens is 2. The average molecular weight is 324 g/mol. The number of carbonyl (C=O) groups excluding carboxylic acids is 1. The molecule has 0 aliphatic rings. The zero-order valence-corrected chi connectivity index (χ0v) is 12.7. The molecule has 0 unspecified atom stereocenters. The maximum absolute atomic E-state index is 12.5. The first-order valence-electron chi connectivity index (χ1n) is 7.39. The molecule has 122 valence electrons. The Bertz CT molecular complexity index is 860. The smallest absolute Gasteiger partial charge is 0.405 e. The van der Waals surface area contributed by atoms with E-state index < -0.39 is 18.0 Å². The van der Waals surface area contributed by atoms with Crippen LogP contribution in [0.3, 0.4) is 0 Å². The van der Waals surface area contributed by atoms with E-state index in [-0.39, 0.29) is 6.42 Å². The summed E-state index contributed by atoms with van der Waals surface area (Å²) in [7, 11) is 0. The number of carboxylic acid groups (broad SMARTS) is 1. The molecule has 0 fully saturated rings. The van der Waals surface area contributed by atoms with Gasteiger partial charge in [0.2, 0.25) is 5.91 Å². The van der Waals surface area contributed by atoms with Crippen LogP contribution in [-0.2, 0) is 11.2 Å². The summed E-state index contributed by atoms with van der Waals surface area (Å²) in [6.45, 7) is 0. The number of carbonyl (C=O) groups is 2. The number of nitrogens with one attached hydrogen (secondary N) is 3. The van der Waals surface area contributed by atoms with E-state index in [2.05, 4.69) is 20.6 Å². The van der Waals surface area contributed by atoms with Crippen LogP contribution in [0.4, 0.5) is 10.5 Å². The minimum absolute atomic E-state index is 0.269. The van der Waals surface area contributed by atoms with Gasteiger partial charge in [-0.05, 0) is 23.8 Å². The number of anilines is 1. The van der Waals surface area contributed by atoms with Crippen LogP contribution in [0.2, 0.25) is 0 Å². The van der Waals surface area contributed by atoms with E-state index in [0.717, 1.165) is 16.6 Å². The van der Waals surface area contributed by atoms with Crippen molar-refractivity contribution in [3.63, 3.8) is 0 Å². The molecule has 3 aromatic rings. The van der Waals surface area contributed by atoms with Crippen LogP contribution in [0.5, 0.6) is 0 Å². The number of benzene rings is 2. The number of H-pyrrole nitrogens is 1. The third kappa shape index (κ3) is 3.70. The Morgan fingerprint density at radius 2 is 1.96 bits per heavy atom. The summed E-state index contributed by atoms with van der Waals surface area (Å²) in [5.41, 5.74) is 3.02. The molecule has 0 saturated carbocycles. The van der Waals surface area contributed by atoms with Crippen LogP contribution < -0.4 is 10.6 Å². The zero-order chi connectivity index (χ0) is 16.9. The summed E-state index contributed by atoms with van der Waals surface area (Å²) >= 11 is 0. The monoisotopic (exact) mass is 324 g/mol. The predicted molar refractivity (Wildman–Crippen MR) is 89.8 cm³/mol. The van der Waals surface area contributed by atoms with Gasteiger partial charge in [0.25, 0.3) is 0 Å². The molecule has 0 aliphatic heterocycles. The summed E-state index contributed by atoms with van der Waals surface area (Å²) < 4.78 is 0. The molecule has 2 aromatic carbocycles. The van der Waals surface area contributed by atoms with Gasteiger partial charge >= 0.3 is 6.09 Å². The van der Waals surface area contributed by atoms with E-state index >= 15 is 0 Å². The van der Waals surface area contributed by atoms with Crippen LogP contribution in [0.25, 0.3) is 11.0 Å². The quantitative estimate of drug-likeness (QED) is 0.578. The second-order valence-electron chi connectivity index (χ2n) is 5.32. The van der Waals surface area contributed by atoms with Gasteiger partial charge in [-0.15, -0.1) is 0 Å². The molecule has 1 atom stereocenters. The fraction of sp³-hybridized carbons (Fsp3) is 0.118. The summed E-state index contributed by atoms with van der Waals surface area (Å²) in [6, 6.07) is 13.6. The molecular weight excluding hydrogens is 308 g/mol. The van der Waals surface area contributed by atoms with E-state index in [4.69, 9.17) is 5.11 Å². The Balaban J connectivity index is 1.75. The molecule has 4 N–H and O–H groups in total. The molecule has 0 radical (unpaired) electrons. The molecule has 0 saturated heterocycles. The van der Waals surface area contributed by atoms with Gasteiger partial charge < -0.3 is 20.7 Å². The van der Waals surface area contributed by atoms with Crippen molar-refractivity contribution in [2.75, 3.05) is 5.32 Å². The van der Waals surface area contributed by atoms with Gasteiger partial charge in [-0.2, -0.15) is 0 Å². The highest BCUT2D eigenvalue weighted by Crippen LogP contribution is 2.16. The first-order valence-corrected chi connectivity index (χ1v) is 7.39. The van der Waals surface area contributed by atoms with E-state index in [9.17, 15) is 9.59 Å². The van der Waals surface area contributed by atoms with E-state index in [1.807, 2.05) is 30.3 Å². The first kappa shape index (κ1) is 15.5. The molecule has 1 heterocycles. The number of hydrogen-bond donors (Lipinski definition) is 4. The number of rotatable bonds is 5. The summed E-state index contributed by atoms with van der Waals surface area (Å²) in [6.07, 6.45) is 0.598. The standard InChI is InChI=1S/C17H16N4O3/c22-16(20-12-6-7-13-14(9-12)19-10-18-13)15(21-17(23)24)8-11-4-2-1-3-5-11/h1-7,9-10,15,21H,8H2,(H,18,19)(H,20,22)(H,23,24)/t15-/m0/s1. The Morgan fingerprint density at radius 3 is 2.71 bits per heavy atom. The highest BCUT2D eigenvalue weighted by molar-refractivity contribution is 5.97. The number of nitrogens with zero attached hydrogens (tertiary/aromatic N) is 1. The number of amides is 2.